The Morgan fingerprint density at radius 1 is 1.00 bits per heavy atom. The number of rotatable bonds is 12. The average molecular weight is 686 g/mol. The number of carbonyl (C=O) groups is 1. The number of aliphatic carboxylic acids is 1. The van der Waals surface area contributed by atoms with Crippen molar-refractivity contribution < 1.29 is 28.9 Å². The first-order valence-electron chi connectivity index (χ1n) is 17.2. The van der Waals surface area contributed by atoms with Crippen LogP contribution >= 0.6 is 0 Å². The van der Waals surface area contributed by atoms with Crippen molar-refractivity contribution >= 4 is 17.3 Å². The third-order valence-electron chi connectivity index (χ3n) is 8.58. The van der Waals surface area contributed by atoms with E-state index < -0.39 is 11.6 Å². The summed E-state index contributed by atoms with van der Waals surface area (Å²) < 4.78 is 24.9. The van der Waals surface area contributed by atoms with Crippen LogP contribution in [0, 0.1) is 18.2 Å². The van der Waals surface area contributed by atoms with Crippen LogP contribution in [0.3, 0.4) is 0 Å². The molecule has 0 aliphatic carbocycles. The maximum atomic E-state index is 13.3. The van der Waals surface area contributed by atoms with Gasteiger partial charge in [-0.25, -0.2) is 4.39 Å². The van der Waals surface area contributed by atoms with E-state index in [9.17, 15) is 14.3 Å². The molecule has 1 aromatic heterocycles. The summed E-state index contributed by atoms with van der Waals surface area (Å²) in [6.45, 7) is 14.3. The fourth-order valence-electron chi connectivity index (χ4n) is 5.89. The molecule has 0 atom stereocenters. The van der Waals surface area contributed by atoms with Crippen LogP contribution in [0.1, 0.15) is 70.0 Å². The number of aromatic nitrogens is 1. The second-order valence-electron chi connectivity index (χ2n) is 14.5. The van der Waals surface area contributed by atoms with Crippen molar-refractivity contribution in [1.82, 2.24) is 4.98 Å². The van der Waals surface area contributed by atoms with E-state index in [0.29, 0.717) is 19.6 Å². The van der Waals surface area contributed by atoms with Gasteiger partial charge in [-0.1, -0.05) is 50.2 Å². The standard InChI is InChI=1S/C37H42FN3O4.C4H10O/c1-25-30(23-34(42)43)36(41-20-18-37(2,3)19-21-41)35(32(40-25)24-39-31-7-5-6-8-33(31)44-4)27-11-15-29(16-12-27)45-22-17-26-9-13-28(38)14-10-26;1-4(2,3)5/h5-16,39H,17-24H2,1-4H3,(H,42,43);5H,1-3H3. The summed E-state index contributed by atoms with van der Waals surface area (Å²) in [5.41, 5.74) is 6.70. The highest BCUT2D eigenvalue weighted by atomic mass is 19.1. The van der Waals surface area contributed by atoms with Gasteiger partial charge in [-0.05, 0) is 93.5 Å². The smallest absolute Gasteiger partial charge is 0.307 e. The lowest BCUT2D eigenvalue weighted by Crippen LogP contribution is -2.38. The van der Waals surface area contributed by atoms with Gasteiger partial charge in [0.05, 0.1) is 49.4 Å². The number of aryl methyl sites for hydroxylation is 1. The predicted molar refractivity (Wildman–Crippen MR) is 199 cm³/mol. The third kappa shape index (κ3) is 11.2. The summed E-state index contributed by atoms with van der Waals surface area (Å²) >= 11 is 0. The van der Waals surface area contributed by atoms with Gasteiger partial charge in [-0.2, -0.15) is 0 Å². The summed E-state index contributed by atoms with van der Waals surface area (Å²) in [6, 6.07) is 22.1. The lowest BCUT2D eigenvalue weighted by Gasteiger charge is -2.40. The Labute approximate surface area is 296 Å². The number of pyridine rings is 1. The fraction of sp³-hybridized carbons (Fsp3) is 0.415. The number of carboxylic acid groups (broad SMARTS) is 1. The molecular weight excluding hydrogens is 633 g/mol. The first-order chi connectivity index (χ1) is 23.6. The molecular formula is C41H52FN3O5. The van der Waals surface area contributed by atoms with Gasteiger partial charge in [0.2, 0.25) is 0 Å². The first kappa shape index (κ1) is 38.2. The average Bonchev–Trinajstić information content (AvgIpc) is 3.05. The number of nitrogens with zero attached hydrogens (tertiary/aromatic N) is 2. The quantitative estimate of drug-likeness (QED) is 0.137. The Hall–Kier alpha value is -4.63. The molecule has 2 heterocycles. The fourth-order valence-corrected chi connectivity index (χ4v) is 5.89. The Balaban J connectivity index is 0.00000105. The number of methoxy groups -OCH3 is 1. The van der Waals surface area contributed by atoms with Crippen molar-refractivity contribution in [2.24, 2.45) is 5.41 Å². The van der Waals surface area contributed by atoms with E-state index in [4.69, 9.17) is 19.6 Å². The maximum Gasteiger partial charge on any atom is 0.307 e. The molecule has 0 spiro atoms. The van der Waals surface area contributed by atoms with E-state index in [0.717, 1.165) is 82.4 Å². The second kappa shape index (κ2) is 16.9. The monoisotopic (exact) mass is 685 g/mol. The largest absolute Gasteiger partial charge is 0.495 e. The Kier molecular flexibility index (Phi) is 12.9. The minimum atomic E-state index is -0.880. The van der Waals surface area contributed by atoms with Crippen LogP contribution in [0.15, 0.2) is 72.8 Å². The highest BCUT2D eigenvalue weighted by Gasteiger charge is 2.31. The summed E-state index contributed by atoms with van der Waals surface area (Å²) in [5.74, 6) is 0.326. The van der Waals surface area contributed by atoms with E-state index in [1.54, 1.807) is 40.0 Å². The molecule has 50 heavy (non-hydrogen) atoms. The molecule has 4 aromatic rings. The normalized spacial score (nSPS) is 14.0. The number of aliphatic hydroxyl groups is 1. The van der Waals surface area contributed by atoms with Crippen LogP contribution in [0.25, 0.3) is 11.1 Å². The summed E-state index contributed by atoms with van der Waals surface area (Å²) in [4.78, 5) is 19.5. The molecule has 9 heteroatoms. The molecule has 3 aromatic carbocycles. The molecule has 0 radical (unpaired) electrons. The second-order valence-corrected chi connectivity index (χ2v) is 14.5. The number of piperidine rings is 1. The maximum absolute atomic E-state index is 13.3. The molecule has 1 fully saturated rings. The number of anilines is 2. The van der Waals surface area contributed by atoms with E-state index in [-0.39, 0.29) is 17.7 Å². The van der Waals surface area contributed by atoms with Gasteiger partial charge in [-0.3, -0.25) is 9.78 Å². The van der Waals surface area contributed by atoms with E-state index >= 15 is 0 Å². The zero-order valence-corrected chi connectivity index (χ0v) is 30.5. The lowest BCUT2D eigenvalue weighted by atomic mass is 9.82. The van der Waals surface area contributed by atoms with Gasteiger partial charge in [0, 0.05) is 36.3 Å². The number of nitrogens with one attached hydrogen (secondary N) is 1. The van der Waals surface area contributed by atoms with Gasteiger partial charge in [0.1, 0.15) is 17.3 Å². The number of carboxylic acids is 1. The molecule has 1 aliphatic heterocycles. The van der Waals surface area contributed by atoms with Crippen LogP contribution in [0.2, 0.25) is 0 Å². The molecule has 0 saturated carbocycles. The summed E-state index contributed by atoms with van der Waals surface area (Å²) in [7, 11) is 1.65. The SMILES string of the molecule is CC(C)(C)O.COc1ccccc1NCc1nc(C)c(CC(=O)O)c(N2CCC(C)(C)CC2)c1-c1ccc(OCCc2ccc(F)cc2)cc1. The van der Waals surface area contributed by atoms with Crippen LogP contribution in [-0.4, -0.2) is 53.6 Å². The minimum Gasteiger partial charge on any atom is -0.495 e. The number of ether oxygens (including phenoxy) is 2. The predicted octanol–water partition coefficient (Wildman–Crippen LogP) is 8.47. The molecule has 0 amide bonds. The van der Waals surface area contributed by atoms with Crippen molar-refractivity contribution in [3.63, 3.8) is 0 Å². The topological polar surface area (TPSA) is 104 Å². The minimum absolute atomic E-state index is 0.105. The molecule has 8 nitrogen and oxygen atoms in total. The zero-order chi connectivity index (χ0) is 36.5. The first-order valence-corrected chi connectivity index (χ1v) is 17.2. The van der Waals surface area contributed by atoms with Crippen LogP contribution in [-0.2, 0) is 24.2 Å². The van der Waals surface area contributed by atoms with Crippen LogP contribution in [0.5, 0.6) is 11.5 Å². The molecule has 1 saturated heterocycles. The van der Waals surface area contributed by atoms with E-state index in [2.05, 4.69) is 24.1 Å². The molecule has 0 bridgehead atoms. The number of halogens is 1. The van der Waals surface area contributed by atoms with Gasteiger partial charge in [-0.15, -0.1) is 0 Å². The van der Waals surface area contributed by atoms with Gasteiger partial charge in [0.25, 0.3) is 0 Å². The molecule has 3 N–H and O–H groups in total. The zero-order valence-electron chi connectivity index (χ0n) is 30.5. The van der Waals surface area contributed by atoms with Crippen molar-refractivity contribution in [1.29, 1.82) is 0 Å². The van der Waals surface area contributed by atoms with Crippen LogP contribution < -0.4 is 19.7 Å². The molecule has 0 unspecified atom stereocenters. The third-order valence-corrected chi connectivity index (χ3v) is 8.58. The highest BCUT2D eigenvalue weighted by Crippen LogP contribution is 2.42. The molecule has 1 aliphatic rings. The van der Waals surface area contributed by atoms with Crippen molar-refractivity contribution in [3.05, 3.63) is 101 Å². The Morgan fingerprint density at radius 3 is 2.22 bits per heavy atom. The van der Waals surface area contributed by atoms with Gasteiger partial charge < -0.3 is 29.9 Å². The van der Waals surface area contributed by atoms with Crippen molar-refractivity contribution in [2.45, 2.75) is 79.4 Å². The lowest BCUT2D eigenvalue weighted by molar-refractivity contribution is -0.136. The number of hydrogen-bond acceptors (Lipinski definition) is 7. The van der Waals surface area contributed by atoms with Crippen LogP contribution in [0.4, 0.5) is 15.8 Å². The summed E-state index contributed by atoms with van der Waals surface area (Å²) in [5, 5.41) is 22.0. The summed E-state index contributed by atoms with van der Waals surface area (Å²) in [6.07, 6.45) is 2.58. The molecule has 268 valence electrons. The van der Waals surface area contributed by atoms with E-state index in [1.165, 1.54) is 12.1 Å². The number of para-hydroxylation sites is 2. The molecule has 5 rings (SSSR count). The van der Waals surface area contributed by atoms with Crippen molar-refractivity contribution in [2.75, 3.05) is 37.0 Å². The Morgan fingerprint density at radius 2 is 1.62 bits per heavy atom. The van der Waals surface area contributed by atoms with Gasteiger partial charge >= 0.3 is 5.97 Å². The number of benzene rings is 3. The van der Waals surface area contributed by atoms with E-state index in [1.807, 2.05) is 55.5 Å². The number of hydrogen-bond donors (Lipinski definition) is 3. The highest BCUT2D eigenvalue weighted by molar-refractivity contribution is 5.87. The van der Waals surface area contributed by atoms with Gasteiger partial charge in [0.15, 0.2) is 0 Å². The Bertz CT molecular complexity index is 1700. The van der Waals surface area contributed by atoms with Crippen molar-refractivity contribution in [3.8, 4) is 22.6 Å².